The van der Waals surface area contributed by atoms with Crippen LogP contribution in [0.5, 0.6) is 0 Å². The summed E-state index contributed by atoms with van der Waals surface area (Å²) in [6.07, 6.45) is 2.57. The molecule has 103 valence electrons. The van der Waals surface area contributed by atoms with Crippen LogP contribution >= 0.6 is 0 Å². The quantitative estimate of drug-likeness (QED) is 0.779. The minimum Gasteiger partial charge on any atom is -0.449 e. The molecule has 0 aliphatic carbocycles. The highest BCUT2D eigenvalue weighted by molar-refractivity contribution is 5.67. The van der Waals surface area contributed by atoms with E-state index in [0.717, 1.165) is 38.9 Å². The van der Waals surface area contributed by atoms with Crippen LogP contribution in [0.4, 0.5) is 4.79 Å². The highest BCUT2D eigenvalue weighted by Gasteiger charge is 2.16. The maximum absolute atomic E-state index is 11.8. The summed E-state index contributed by atoms with van der Waals surface area (Å²) in [7, 11) is 0. The standard InChI is InChI=1S/C15H21N2O2/c18-15(17-11-5-9-16-10-12-17)19-13-4-8-14-6-2-1-3-7-14/h1-3,6-7H,4-5,8-13H2. The number of hydrogen-bond donors (Lipinski definition) is 0. The van der Waals surface area contributed by atoms with E-state index in [1.807, 2.05) is 18.2 Å². The molecule has 4 heteroatoms. The molecule has 1 heterocycles. The fourth-order valence-electron chi connectivity index (χ4n) is 2.14. The summed E-state index contributed by atoms with van der Waals surface area (Å²) < 4.78 is 5.30. The Balaban J connectivity index is 1.63. The molecular formula is C15H21N2O2. The van der Waals surface area contributed by atoms with Crippen LogP contribution in [0.3, 0.4) is 0 Å². The first-order valence-electron chi connectivity index (χ1n) is 6.95. The second-order valence-electron chi connectivity index (χ2n) is 4.71. The Morgan fingerprint density at radius 3 is 2.89 bits per heavy atom. The number of aryl methyl sites for hydroxylation is 1. The lowest BCUT2D eigenvalue weighted by Crippen LogP contribution is -2.34. The van der Waals surface area contributed by atoms with E-state index in [9.17, 15) is 4.79 Å². The number of carbonyl (C=O) groups excluding carboxylic acids is 1. The summed E-state index contributed by atoms with van der Waals surface area (Å²) in [5.41, 5.74) is 1.28. The molecule has 2 rings (SSSR count). The SMILES string of the molecule is O=C(OCCCc1ccccc1)N1CCC[N]CC1. The second-order valence-corrected chi connectivity index (χ2v) is 4.71. The lowest BCUT2D eigenvalue weighted by Gasteiger charge is -2.19. The summed E-state index contributed by atoms with van der Waals surface area (Å²) in [6.45, 7) is 3.54. The van der Waals surface area contributed by atoms with Crippen molar-refractivity contribution < 1.29 is 9.53 Å². The molecule has 0 spiro atoms. The van der Waals surface area contributed by atoms with Crippen molar-refractivity contribution in [3.05, 3.63) is 35.9 Å². The number of nitrogens with zero attached hydrogens (tertiary/aromatic N) is 2. The first-order chi connectivity index (χ1) is 9.36. The topological polar surface area (TPSA) is 43.6 Å². The summed E-state index contributed by atoms with van der Waals surface area (Å²) in [5, 5.41) is 4.29. The monoisotopic (exact) mass is 261 g/mol. The van der Waals surface area contributed by atoms with E-state index >= 15 is 0 Å². The molecule has 1 aromatic rings. The van der Waals surface area contributed by atoms with Gasteiger partial charge in [0.05, 0.1) is 6.61 Å². The summed E-state index contributed by atoms with van der Waals surface area (Å²) in [6, 6.07) is 10.3. The van der Waals surface area contributed by atoms with Crippen molar-refractivity contribution in [2.75, 3.05) is 32.8 Å². The van der Waals surface area contributed by atoms with E-state index in [2.05, 4.69) is 17.4 Å². The van der Waals surface area contributed by atoms with Crippen LogP contribution in [0.1, 0.15) is 18.4 Å². The molecule has 1 aliphatic rings. The zero-order valence-corrected chi connectivity index (χ0v) is 11.3. The molecule has 0 N–H and O–H groups in total. The zero-order chi connectivity index (χ0) is 13.3. The number of rotatable bonds is 4. The molecule has 1 radical (unpaired) electrons. The molecule has 19 heavy (non-hydrogen) atoms. The molecule has 1 aromatic carbocycles. The summed E-state index contributed by atoms with van der Waals surface area (Å²) in [5.74, 6) is 0. The van der Waals surface area contributed by atoms with Crippen molar-refractivity contribution in [1.29, 1.82) is 0 Å². The van der Waals surface area contributed by atoms with Gasteiger partial charge in [0.15, 0.2) is 0 Å². The molecule has 1 fully saturated rings. The Bertz CT molecular complexity index is 373. The van der Waals surface area contributed by atoms with Gasteiger partial charge >= 0.3 is 6.09 Å². The van der Waals surface area contributed by atoms with Crippen molar-refractivity contribution in [1.82, 2.24) is 10.2 Å². The van der Waals surface area contributed by atoms with Gasteiger partial charge in [-0.3, -0.25) is 0 Å². The van der Waals surface area contributed by atoms with E-state index in [4.69, 9.17) is 4.74 Å². The summed E-state index contributed by atoms with van der Waals surface area (Å²) >= 11 is 0. The molecule has 1 saturated heterocycles. The third kappa shape index (κ3) is 4.91. The number of carbonyl (C=O) groups is 1. The Morgan fingerprint density at radius 2 is 2.05 bits per heavy atom. The van der Waals surface area contributed by atoms with Crippen molar-refractivity contribution in [2.45, 2.75) is 19.3 Å². The van der Waals surface area contributed by atoms with Gasteiger partial charge in [-0.25, -0.2) is 10.1 Å². The Morgan fingerprint density at radius 1 is 1.21 bits per heavy atom. The van der Waals surface area contributed by atoms with E-state index in [1.165, 1.54) is 5.56 Å². The van der Waals surface area contributed by atoms with Crippen LogP contribution < -0.4 is 5.32 Å². The van der Waals surface area contributed by atoms with Crippen LogP contribution in [0.15, 0.2) is 30.3 Å². The number of ether oxygens (including phenoxy) is 1. The van der Waals surface area contributed by atoms with Crippen molar-refractivity contribution in [3.8, 4) is 0 Å². The highest BCUT2D eigenvalue weighted by atomic mass is 16.6. The molecule has 0 atom stereocenters. The first-order valence-corrected chi connectivity index (χ1v) is 6.95. The molecule has 0 bridgehead atoms. The Hall–Kier alpha value is -1.55. The molecule has 0 saturated carbocycles. The van der Waals surface area contributed by atoms with Gasteiger partial charge in [0.2, 0.25) is 0 Å². The number of hydrogen-bond acceptors (Lipinski definition) is 2. The predicted octanol–water partition coefficient (Wildman–Crippen LogP) is 2.07. The lowest BCUT2D eigenvalue weighted by atomic mass is 10.1. The first kappa shape index (κ1) is 13.9. The van der Waals surface area contributed by atoms with Crippen LogP contribution in [0.25, 0.3) is 0 Å². The normalized spacial score (nSPS) is 15.9. The van der Waals surface area contributed by atoms with E-state index in [1.54, 1.807) is 4.90 Å². The Kier molecular flexibility index (Phi) is 5.69. The molecule has 0 unspecified atom stereocenters. The van der Waals surface area contributed by atoms with Gasteiger partial charge in [-0.15, -0.1) is 0 Å². The predicted molar refractivity (Wildman–Crippen MR) is 74.2 cm³/mol. The minimum atomic E-state index is -0.190. The van der Waals surface area contributed by atoms with E-state index in [0.29, 0.717) is 13.2 Å². The van der Waals surface area contributed by atoms with Crippen molar-refractivity contribution in [3.63, 3.8) is 0 Å². The zero-order valence-electron chi connectivity index (χ0n) is 11.3. The highest BCUT2D eigenvalue weighted by Crippen LogP contribution is 2.04. The molecule has 1 aliphatic heterocycles. The van der Waals surface area contributed by atoms with Crippen LogP contribution in [-0.4, -0.2) is 43.8 Å². The molecule has 0 aromatic heterocycles. The maximum atomic E-state index is 11.8. The average Bonchev–Trinajstić information content (AvgIpc) is 2.73. The minimum absolute atomic E-state index is 0.190. The molecule has 1 amide bonds. The molecule has 4 nitrogen and oxygen atoms in total. The Labute approximate surface area is 114 Å². The van der Waals surface area contributed by atoms with Gasteiger partial charge in [0, 0.05) is 26.2 Å². The fraction of sp³-hybridized carbons (Fsp3) is 0.533. The lowest BCUT2D eigenvalue weighted by molar-refractivity contribution is 0.104. The van der Waals surface area contributed by atoms with Crippen LogP contribution in [0, 0.1) is 0 Å². The largest absolute Gasteiger partial charge is 0.449 e. The van der Waals surface area contributed by atoms with Gasteiger partial charge in [-0.05, 0) is 24.8 Å². The second kappa shape index (κ2) is 7.79. The maximum Gasteiger partial charge on any atom is 0.409 e. The van der Waals surface area contributed by atoms with Crippen LogP contribution in [0.2, 0.25) is 0 Å². The van der Waals surface area contributed by atoms with E-state index < -0.39 is 0 Å². The van der Waals surface area contributed by atoms with Gasteiger partial charge < -0.3 is 9.64 Å². The number of benzene rings is 1. The average molecular weight is 261 g/mol. The van der Waals surface area contributed by atoms with Crippen molar-refractivity contribution in [2.24, 2.45) is 0 Å². The van der Waals surface area contributed by atoms with Gasteiger partial charge in [0.1, 0.15) is 0 Å². The third-order valence-electron chi connectivity index (χ3n) is 3.21. The van der Waals surface area contributed by atoms with Gasteiger partial charge in [-0.2, -0.15) is 0 Å². The van der Waals surface area contributed by atoms with Crippen LogP contribution in [-0.2, 0) is 11.2 Å². The molecular weight excluding hydrogens is 240 g/mol. The van der Waals surface area contributed by atoms with Crippen molar-refractivity contribution >= 4 is 6.09 Å². The summed E-state index contributed by atoms with van der Waals surface area (Å²) in [4.78, 5) is 13.6. The smallest absolute Gasteiger partial charge is 0.409 e. The number of amides is 1. The fourth-order valence-corrected chi connectivity index (χ4v) is 2.14. The third-order valence-corrected chi connectivity index (χ3v) is 3.21. The van der Waals surface area contributed by atoms with Gasteiger partial charge in [0.25, 0.3) is 0 Å². The van der Waals surface area contributed by atoms with Gasteiger partial charge in [-0.1, -0.05) is 30.3 Å². The van der Waals surface area contributed by atoms with E-state index in [-0.39, 0.29) is 6.09 Å².